The molecule has 1 aromatic heterocycles. The van der Waals surface area contributed by atoms with Crippen molar-refractivity contribution in [2.75, 3.05) is 13.1 Å². The zero-order valence-electron chi connectivity index (χ0n) is 14.8. The molecule has 1 fully saturated rings. The summed E-state index contributed by atoms with van der Waals surface area (Å²) in [4.78, 5) is 27.7. The van der Waals surface area contributed by atoms with Crippen LogP contribution in [0.5, 0.6) is 0 Å². The molecule has 4 rings (SSSR count). The second-order valence-electron chi connectivity index (χ2n) is 7.26. The van der Waals surface area contributed by atoms with Gasteiger partial charge < -0.3 is 10.2 Å². The Morgan fingerprint density at radius 1 is 1.00 bits per heavy atom. The first-order valence-corrected chi connectivity index (χ1v) is 10.3. The minimum Gasteiger partial charge on any atom is -0.353 e. The predicted molar refractivity (Wildman–Crippen MR) is 103 cm³/mol. The number of piperidine rings is 1. The number of carbonyl (C=O) groups excluding carboxylic acids is 2. The van der Waals surface area contributed by atoms with Crippen LogP contribution in [-0.4, -0.2) is 35.8 Å². The Hall–Kier alpha value is -2.14. The first-order valence-electron chi connectivity index (χ1n) is 9.40. The lowest BCUT2D eigenvalue weighted by Crippen LogP contribution is -2.46. The molecule has 2 amide bonds. The van der Waals surface area contributed by atoms with E-state index < -0.39 is 0 Å². The second kappa shape index (κ2) is 7.62. The van der Waals surface area contributed by atoms with E-state index in [1.54, 1.807) is 0 Å². The van der Waals surface area contributed by atoms with E-state index in [9.17, 15) is 9.59 Å². The van der Waals surface area contributed by atoms with Crippen LogP contribution in [0.25, 0.3) is 0 Å². The fourth-order valence-electron chi connectivity index (χ4n) is 4.04. The Labute approximate surface area is 158 Å². The topological polar surface area (TPSA) is 49.4 Å². The van der Waals surface area contributed by atoms with Crippen molar-refractivity contribution in [2.45, 2.75) is 38.1 Å². The highest BCUT2D eigenvalue weighted by Crippen LogP contribution is 2.24. The number of aryl methyl sites for hydroxylation is 1. The van der Waals surface area contributed by atoms with Gasteiger partial charge in [0.1, 0.15) is 0 Å². The SMILES string of the molecule is O=C(NC1CCc2ccccc2C1)C1CCN(C(=O)c2cccs2)CC1. The molecule has 2 aromatic rings. The van der Waals surface area contributed by atoms with Crippen molar-refractivity contribution >= 4 is 23.2 Å². The minimum absolute atomic E-state index is 0.0274. The van der Waals surface area contributed by atoms with Gasteiger partial charge in [-0.3, -0.25) is 9.59 Å². The number of amides is 2. The van der Waals surface area contributed by atoms with E-state index in [0.717, 1.165) is 37.0 Å². The Morgan fingerprint density at radius 2 is 1.77 bits per heavy atom. The van der Waals surface area contributed by atoms with Crippen molar-refractivity contribution < 1.29 is 9.59 Å². The molecule has 1 unspecified atom stereocenters. The number of carbonyl (C=O) groups is 2. The maximum Gasteiger partial charge on any atom is 0.263 e. The lowest BCUT2D eigenvalue weighted by Gasteiger charge is -2.33. The summed E-state index contributed by atoms with van der Waals surface area (Å²) in [6.45, 7) is 1.34. The summed E-state index contributed by atoms with van der Waals surface area (Å²) in [5, 5.41) is 5.19. The second-order valence-corrected chi connectivity index (χ2v) is 8.21. The quantitative estimate of drug-likeness (QED) is 0.904. The van der Waals surface area contributed by atoms with Gasteiger partial charge in [0.15, 0.2) is 0 Å². The molecule has 4 nitrogen and oxygen atoms in total. The van der Waals surface area contributed by atoms with Crippen molar-refractivity contribution in [1.82, 2.24) is 10.2 Å². The standard InChI is InChI=1S/C21H24N2O2S/c24-20(22-18-8-7-15-4-1-2-5-17(15)14-18)16-9-11-23(12-10-16)21(25)19-6-3-13-26-19/h1-6,13,16,18H,7-12,14H2,(H,22,24). The third kappa shape index (κ3) is 3.68. The Kier molecular flexibility index (Phi) is 5.07. The van der Waals surface area contributed by atoms with Gasteiger partial charge >= 0.3 is 0 Å². The van der Waals surface area contributed by atoms with Crippen molar-refractivity contribution in [3.8, 4) is 0 Å². The summed E-state index contributed by atoms with van der Waals surface area (Å²) >= 11 is 1.48. The van der Waals surface area contributed by atoms with E-state index in [2.05, 4.69) is 29.6 Å². The number of likely N-dealkylation sites (tertiary alicyclic amines) is 1. The van der Waals surface area contributed by atoms with Crippen molar-refractivity contribution in [1.29, 1.82) is 0 Å². The fourth-order valence-corrected chi connectivity index (χ4v) is 4.73. The molecule has 2 heterocycles. The number of benzene rings is 1. The van der Waals surface area contributed by atoms with Crippen LogP contribution in [-0.2, 0) is 17.6 Å². The molecule has 1 saturated heterocycles. The van der Waals surface area contributed by atoms with Gasteiger partial charge in [0, 0.05) is 25.0 Å². The fraction of sp³-hybridized carbons (Fsp3) is 0.429. The van der Waals surface area contributed by atoms with E-state index in [0.29, 0.717) is 13.1 Å². The van der Waals surface area contributed by atoms with Gasteiger partial charge in [-0.25, -0.2) is 0 Å². The van der Waals surface area contributed by atoms with E-state index in [4.69, 9.17) is 0 Å². The number of fused-ring (bicyclic) bond motifs is 1. The number of nitrogens with one attached hydrogen (secondary N) is 1. The van der Waals surface area contributed by atoms with Crippen LogP contribution in [0.2, 0.25) is 0 Å². The van der Waals surface area contributed by atoms with Crippen LogP contribution >= 0.6 is 11.3 Å². The van der Waals surface area contributed by atoms with Crippen molar-refractivity contribution in [3.63, 3.8) is 0 Å². The van der Waals surface area contributed by atoms with Crippen LogP contribution in [0, 0.1) is 5.92 Å². The molecule has 0 spiro atoms. The van der Waals surface area contributed by atoms with Gasteiger partial charge in [-0.05, 0) is 54.7 Å². The molecule has 1 aromatic carbocycles. The largest absolute Gasteiger partial charge is 0.353 e. The highest BCUT2D eigenvalue weighted by molar-refractivity contribution is 7.12. The summed E-state index contributed by atoms with van der Waals surface area (Å²) in [5.74, 6) is 0.292. The zero-order valence-corrected chi connectivity index (χ0v) is 15.6. The molecule has 0 radical (unpaired) electrons. The van der Waals surface area contributed by atoms with Crippen molar-refractivity contribution in [2.24, 2.45) is 5.92 Å². The van der Waals surface area contributed by atoms with E-state index in [1.165, 1.54) is 22.5 Å². The molecule has 1 N–H and O–H groups in total. The molecular formula is C21H24N2O2S. The Balaban J connectivity index is 1.28. The normalized spacial score (nSPS) is 20.5. The predicted octanol–water partition coefficient (Wildman–Crippen LogP) is 3.27. The molecule has 1 aliphatic carbocycles. The zero-order chi connectivity index (χ0) is 17.9. The molecular weight excluding hydrogens is 344 g/mol. The smallest absolute Gasteiger partial charge is 0.263 e. The van der Waals surface area contributed by atoms with E-state index in [1.807, 2.05) is 22.4 Å². The van der Waals surface area contributed by atoms with E-state index >= 15 is 0 Å². The molecule has 0 saturated carbocycles. The Morgan fingerprint density at radius 3 is 2.50 bits per heavy atom. The number of hydrogen-bond acceptors (Lipinski definition) is 3. The number of rotatable bonds is 3. The molecule has 136 valence electrons. The van der Waals surface area contributed by atoms with Crippen LogP contribution in [0.4, 0.5) is 0 Å². The first kappa shape index (κ1) is 17.3. The summed E-state index contributed by atoms with van der Waals surface area (Å²) < 4.78 is 0. The average Bonchev–Trinajstić information content (AvgIpc) is 3.22. The van der Waals surface area contributed by atoms with Gasteiger partial charge in [-0.1, -0.05) is 30.3 Å². The molecule has 5 heteroatoms. The molecule has 2 aliphatic rings. The van der Waals surface area contributed by atoms with Gasteiger partial charge in [-0.2, -0.15) is 0 Å². The summed E-state index contributed by atoms with van der Waals surface area (Å²) in [7, 11) is 0. The minimum atomic E-state index is 0.0274. The van der Waals surface area contributed by atoms with Crippen LogP contribution in [0.3, 0.4) is 0 Å². The Bertz CT molecular complexity index is 779. The van der Waals surface area contributed by atoms with Crippen LogP contribution in [0.15, 0.2) is 41.8 Å². The third-order valence-corrected chi connectivity index (χ3v) is 6.44. The number of nitrogens with zero attached hydrogens (tertiary/aromatic N) is 1. The van der Waals surface area contributed by atoms with E-state index in [-0.39, 0.29) is 23.8 Å². The van der Waals surface area contributed by atoms with Crippen LogP contribution < -0.4 is 5.32 Å². The maximum atomic E-state index is 12.7. The summed E-state index contributed by atoms with van der Waals surface area (Å²) in [6, 6.07) is 12.5. The maximum absolute atomic E-state index is 12.7. The molecule has 26 heavy (non-hydrogen) atoms. The van der Waals surface area contributed by atoms with Gasteiger partial charge in [0.2, 0.25) is 5.91 Å². The molecule has 0 bridgehead atoms. The van der Waals surface area contributed by atoms with Gasteiger partial charge in [-0.15, -0.1) is 11.3 Å². The lowest BCUT2D eigenvalue weighted by atomic mass is 9.87. The highest BCUT2D eigenvalue weighted by Gasteiger charge is 2.29. The van der Waals surface area contributed by atoms with Crippen LogP contribution in [0.1, 0.15) is 40.1 Å². The van der Waals surface area contributed by atoms with Gasteiger partial charge in [0.05, 0.1) is 4.88 Å². The highest BCUT2D eigenvalue weighted by atomic mass is 32.1. The van der Waals surface area contributed by atoms with Gasteiger partial charge in [0.25, 0.3) is 5.91 Å². The number of thiophene rings is 1. The summed E-state index contributed by atoms with van der Waals surface area (Å²) in [6.07, 6.45) is 4.49. The monoisotopic (exact) mass is 368 g/mol. The molecule has 1 aliphatic heterocycles. The summed E-state index contributed by atoms with van der Waals surface area (Å²) in [5.41, 5.74) is 2.78. The average molecular weight is 369 g/mol. The third-order valence-electron chi connectivity index (χ3n) is 5.58. The lowest BCUT2D eigenvalue weighted by molar-refractivity contribution is -0.127. The molecule has 1 atom stereocenters. The first-order chi connectivity index (χ1) is 12.7. The van der Waals surface area contributed by atoms with Crippen molar-refractivity contribution in [3.05, 3.63) is 57.8 Å². The number of hydrogen-bond donors (Lipinski definition) is 1.